The molecule has 1 aromatic heterocycles. The number of benzene rings is 1. The van der Waals surface area contributed by atoms with Crippen molar-refractivity contribution in [2.24, 2.45) is 5.92 Å². The van der Waals surface area contributed by atoms with Gasteiger partial charge in [-0.1, -0.05) is 23.8 Å². The molecule has 19 heavy (non-hydrogen) atoms. The van der Waals surface area contributed by atoms with E-state index in [9.17, 15) is 0 Å². The molecule has 1 heterocycles. The summed E-state index contributed by atoms with van der Waals surface area (Å²) in [5.41, 5.74) is 4.09. The molecule has 0 radical (unpaired) electrons. The molecule has 0 saturated heterocycles. The van der Waals surface area contributed by atoms with Crippen LogP contribution in [-0.2, 0) is 0 Å². The molecule has 1 saturated carbocycles. The Labute approximate surface area is 119 Å². The lowest BCUT2D eigenvalue weighted by Crippen LogP contribution is -2.16. The lowest BCUT2D eigenvalue weighted by atomic mass is 10.0. The summed E-state index contributed by atoms with van der Waals surface area (Å²) in [4.78, 5) is 2.88. The Morgan fingerprint density at radius 3 is 2.58 bits per heavy atom. The Morgan fingerprint density at radius 2 is 1.95 bits per heavy atom. The van der Waals surface area contributed by atoms with E-state index < -0.39 is 0 Å². The topological polar surface area (TPSA) is 12.0 Å². The number of thiophene rings is 1. The van der Waals surface area contributed by atoms with Gasteiger partial charge >= 0.3 is 0 Å². The van der Waals surface area contributed by atoms with E-state index in [1.54, 1.807) is 0 Å². The van der Waals surface area contributed by atoms with Crippen molar-refractivity contribution in [3.8, 4) is 10.4 Å². The molecule has 0 spiro atoms. The first-order valence-electron chi connectivity index (χ1n) is 7.03. The zero-order chi connectivity index (χ0) is 13.4. The predicted molar refractivity (Wildman–Crippen MR) is 83.8 cm³/mol. The van der Waals surface area contributed by atoms with Gasteiger partial charge in [0.15, 0.2) is 0 Å². The maximum absolute atomic E-state index is 3.48. The lowest BCUT2D eigenvalue weighted by molar-refractivity contribution is 0.537. The largest absolute Gasteiger partial charge is 0.312 e. The van der Waals surface area contributed by atoms with Crippen molar-refractivity contribution in [2.45, 2.75) is 32.7 Å². The first kappa shape index (κ1) is 12.9. The fourth-order valence-corrected chi connectivity index (χ4v) is 4.10. The van der Waals surface area contributed by atoms with E-state index in [2.05, 4.69) is 56.5 Å². The molecule has 0 amide bonds. The summed E-state index contributed by atoms with van der Waals surface area (Å²) >= 11 is 1.94. The van der Waals surface area contributed by atoms with Crippen LogP contribution in [0, 0.1) is 19.8 Å². The molecule has 1 unspecified atom stereocenters. The Hall–Kier alpha value is -1.12. The van der Waals surface area contributed by atoms with Gasteiger partial charge in [-0.2, -0.15) is 0 Å². The quantitative estimate of drug-likeness (QED) is 0.849. The van der Waals surface area contributed by atoms with Gasteiger partial charge in [-0.25, -0.2) is 0 Å². The Morgan fingerprint density at radius 1 is 1.16 bits per heavy atom. The molecule has 3 rings (SSSR count). The molecule has 1 aliphatic carbocycles. The van der Waals surface area contributed by atoms with Gasteiger partial charge in [0.2, 0.25) is 0 Å². The molecule has 1 aromatic carbocycles. The average molecular weight is 271 g/mol. The summed E-state index contributed by atoms with van der Waals surface area (Å²) in [6.07, 6.45) is 2.75. The summed E-state index contributed by atoms with van der Waals surface area (Å²) < 4.78 is 0. The molecule has 100 valence electrons. The Bertz CT molecular complexity index is 581. The second-order valence-electron chi connectivity index (χ2n) is 5.62. The standard InChI is InChI=1S/C17H21NS/c1-11-4-7-14(12(2)10-11)15-8-9-16(19-15)17(18-3)13-5-6-13/h4,7-10,13,17-18H,5-6H2,1-3H3. The minimum atomic E-state index is 0.560. The normalized spacial score (nSPS) is 16.6. The van der Waals surface area contributed by atoms with E-state index in [4.69, 9.17) is 0 Å². The number of aryl methyl sites for hydroxylation is 2. The van der Waals surface area contributed by atoms with Crippen molar-refractivity contribution in [1.82, 2.24) is 5.32 Å². The van der Waals surface area contributed by atoms with Crippen molar-refractivity contribution in [2.75, 3.05) is 7.05 Å². The third-order valence-electron chi connectivity index (χ3n) is 3.99. The first-order chi connectivity index (χ1) is 9.19. The minimum Gasteiger partial charge on any atom is -0.312 e. The average Bonchev–Trinajstić information content (AvgIpc) is 3.09. The summed E-state index contributed by atoms with van der Waals surface area (Å²) in [7, 11) is 2.08. The highest BCUT2D eigenvalue weighted by atomic mass is 32.1. The second-order valence-corrected chi connectivity index (χ2v) is 6.74. The molecule has 0 bridgehead atoms. The molecular formula is C17H21NS. The van der Waals surface area contributed by atoms with E-state index in [0.29, 0.717) is 6.04 Å². The van der Waals surface area contributed by atoms with Crippen molar-refractivity contribution >= 4 is 11.3 Å². The van der Waals surface area contributed by atoms with Gasteiger partial charge in [0, 0.05) is 15.8 Å². The van der Waals surface area contributed by atoms with Crippen molar-refractivity contribution in [1.29, 1.82) is 0 Å². The van der Waals surface area contributed by atoms with Crippen LogP contribution in [0.1, 0.15) is 34.9 Å². The van der Waals surface area contributed by atoms with Crippen LogP contribution in [0.25, 0.3) is 10.4 Å². The van der Waals surface area contributed by atoms with Crippen LogP contribution in [0.3, 0.4) is 0 Å². The van der Waals surface area contributed by atoms with Gasteiger partial charge < -0.3 is 5.32 Å². The highest BCUT2D eigenvalue weighted by Crippen LogP contribution is 2.44. The first-order valence-corrected chi connectivity index (χ1v) is 7.85. The number of hydrogen-bond acceptors (Lipinski definition) is 2. The molecule has 1 fully saturated rings. The highest BCUT2D eigenvalue weighted by Gasteiger charge is 2.32. The van der Waals surface area contributed by atoms with Crippen LogP contribution in [0.15, 0.2) is 30.3 Å². The van der Waals surface area contributed by atoms with Crippen LogP contribution in [-0.4, -0.2) is 7.05 Å². The number of hydrogen-bond donors (Lipinski definition) is 1. The molecule has 1 atom stereocenters. The highest BCUT2D eigenvalue weighted by molar-refractivity contribution is 7.15. The van der Waals surface area contributed by atoms with E-state index in [1.807, 2.05) is 11.3 Å². The maximum atomic E-state index is 3.48. The molecule has 2 aromatic rings. The second kappa shape index (κ2) is 5.10. The van der Waals surface area contributed by atoms with Gasteiger partial charge in [-0.05, 0) is 62.9 Å². The van der Waals surface area contributed by atoms with Crippen LogP contribution < -0.4 is 5.32 Å². The Balaban J connectivity index is 1.91. The maximum Gasteiger partial charge on any atom is 0.0441 e. The van der Waals surface area contributed by atoms with Crippen molar-refractivity contribution in [3.63, 3.8) is 0 Å². The van der Waals surface area contributed by atoms with Crippen LogP contribution >= 0.6 is 11.3 Å². The number of nitrogens with one attached hydrogen (secondary N) is 1. The minimum absolute atomic E-state index is 0.560. The van der Waals surface area contributed by atoms with Gasteiger partial charge in [0.25, 0.3) is 0 Å². The van der Waals surface area contributed by atoms with Gasteiger partial charge in [0.05, 0.1) is 0 Å². The van der Waals surface area contributed by atoms with Crippen molar-refractivity contribution in [3.05, 3.63) is 46.3 Å². The predicted octanol–water partition coefficient (Wildman–Crippen LogP) is 4.70. The Kier molecular flexibility index (Phi) is 3.46. The van der Waals surface area contributed by atoms with Gasteiger partial charge in [-0.15, -0.1) is 11.3 Å². The monoisotopic (exact) mass is 271 g/mol. The molecule has 2 heteroatoms. The molecule has 1 nitrogen and oxygen atoms in total. The van der Waals surface area contributed by atoms with Crippen LogP contribution in [0.4, 0.5) is 0 Å². The molecule has 1 N–H and O–H groups in total. The molecule has 1 aliphatic rings. The fraction of sp³-hybridized carbons (Fsp3) is 0.412. The summed E-state index contributed by atoms with van der Waals surface area (Å²) in [6, 6.07) is 11.9. The van der Waals surface area contributed by atoms with Gasteiger partial charge in [-0.3, -0.25) is 0 Å². The zero-order valence-electron chi connectivity index (χ0n) is 11.9. The zero-order valence-corrected chi connectivity index (χ0v) is 12.7. The summed E-state index contributed by atoms with van der Waals surface area (Å²) in [5.74, 6) is 0.857. The molecular weight excluding hydrogens is 250 g/mol. The van der Waals surface area contributed by atoms with E-state index >= 15 is 0 Å². The van der Waals surface area contributed by atoms with E-state index in [-0.39, 0.29) is 0 Å². The van der Waals surface area contributed by atoms with Gasteiger partial charge in [0.1, 0.15) is 0 Å². The SMILES string of the molecule is CNC(c1ccc(-c2ccc(C)cc2C)s1)C1CC1. The van der Waals surface area contributed by atoms with Crippen LogP contribution in [0.2, 0.25) is 0 Å². The third-order valence-corrected chi connectivity index (χ3v) is 5.19. The van der Waals surface area contributed by atoms with Crippen molar-refractivity contribution < 1.29 is 0 Å². The summed E-state index contributed by atoms with van der Waals surface area (Å²) in [5, 5.41) is 3.48. The lowest BCUT2D eigenvalue weighted by Gasteiger charge is -2.12. The number of rotatable bonds is 4. The van der Waals surface area contributed by atoms with Crippen LogP contribution in [0.5, 0.6) is 0 Å². The smallest absolute Gasteiger partial charge is 0.0441 e. The fourth-order valence-electron chi connectivity index (χ4n) is 2.79. The van der Waals surface area contributed by atoms with E-state index in [0.717, 1.165) is 5.92 Å². The third kappa shape index (κ3) is 2.60. The van der Waals surface area contributed by atoms with E-state index in [1.165, 1.54) is 39.3 Å². The molecule has 0 aliphatic heterocycles. The summed E-state index contributed by atoms with van der Waals surface area (Å²) in [6.45, 7) is 4.36.